The number of aliphatic imine (C=N–C) groups is 1. The third kappa shape index (κ3) is 26.4. The molecule has 0 aliphatic rings. The average molecular weight is 696 g/mol. The van der Waals surface area contributed by atoms with Gasteiger partial charge in [-0.15, -0.1) is 0 Å². The number of carbonyl (C=O) groups is 1. The summed E-state index contributed by atoms with van der Waals surface area (Å²) in [4.78, 5) is 18.1. The van der Waals surface area contributed by atoms with E-state index >= 15 is 0 Å². The summed E-state index contributed by atoms with van der Waals surface area (Å²) in [6.45, 7) is 25.8. The van der Waals surface area contributed by atoms with Crippen LogP contribution in [0.15, 0.2) is 90.4 Å². The topological polar surface area (TPSA) is 56.7 Å². The highest BCUT2D eigenvalue weighted by Crippen LogP contribution is 2.20. The maximum Gasteiger partial charge on any atom is 0.129 e. The van der Waals surface area contributed by atoms with E-state index in [0.29, 0.717) is 12.5 Å². The molecule has 2 aromatic carbocycles. The molecule has 0 amide bonds. The largest absolute Gasteiger partial charge is 0.387 e. The van der Waals surface area contributed by atoms with E-state index in [1.54, 1.807) is 13.1 Å². The van der Waals surface area contributed by atoms with E-state index in [4.69, 9.17) is 11.6 Å². The second-order valence-corrected chi connectivity index (χ2v) is 12.9. The van der Waals surface area contributed by atoms with Crippen LogP contribution in [0.3, 0.4) is 0 Å². The van der Waals surface area contributed by atoms with Gasteiger partial charge in [0.05, 0.1) is 5.71 Å². The number of hydrogen-bond donors (Lipinski definition) is 2. The van der Waals surface area contributed by atoms with Gasteiger partial charge in [-0.3, -0.25) is 4.99 Å². The number of benzene rings is 2. The maximum atomic E-state index is 11.3. The fraction of sp³-hybridized carbons (Fsp3) is 0.535. The van der Waals surface area contributed by atoms with E-state index in [2.05, 4.69) is 93.7 Å². The zero-order chi connectivity index (χ0) is 37.5. The van der Waals surface area contributed by atoms with Gasteiger partial charge in [-0.05, 0) is 90.0 Å². The van der Waals surface area contributed by atoms with Gasteiger partial charge in [0.15, 0.2) is 0 Å². The number of nitrogens with zero attached hydrogens (tertiary/aromatic N) is 2. The number of allylic oxidation sites excluding steroid dienone is 3. The highest BCUT2D eigenvalue weighted by atomic mass is 35.5. The summed E-state index contributed by atoms with van der Waals surface area (Å²) < 4.78 is 0. The zero-order valence-electron chi connectivity index (χ0n) is 32.9. The van der Waals surface area contributed by atoms with E-state index in [1.807, 2.05) is 57.2 Å². The van der Waals surface area contributed by atoms with Crippen molar-refractivity contribution in [3.05, 3.63) is 107 Å². The predicted molar refractivity (Wildman–Crippen MR) is 220 cm³/mol. The molecular formula is C43H71ClN4O. The second kappa shape index (κ2) is 32.1. The van der Waals surface area contributed by atoms with Gasteiger partial charge in [0.25, 0.3) is 0 Å². The number of rotatable bonds is 19. The molecule has 0 saturated carbocycles. The molecule has 276 valence electrons. The van der Waals surface area contributed by atoms with Gasteiger partial charge in [0.1, 0.15) is 5.78 Å². The van der Waals surface area contributed by atoms with Gasteiger partial charge in [-0.2, -0.15) is 0 Å². The van der Waals surface area contributed by atoms with Gasteiger partial charge in [-0.25, -0.2) is 0 Å². The number of carbonyl (C=O) groups excluding carboxylic acids is 1. The monoisotopic (exact) mass is 695 g/mol. The minimum absolute atomic E-state index is 0.251. The first-order valence-corrected chi connectivity index (χ1v) is 18.8. The number of unbranched alkanes of at least 4 members (excludes halogenated alkanes) is 4. The Morgan fingerprint density at radius 1 is 0.898 bits per heavy atom. The van der Waals surface area contributed by atoms with Crippen LogP contribution in [0.5, 0.6) is 0 Å². The van der Waals surface area contributed by atoms with E-state index < -0.39 is 0 Å². The predicted octanol–water partition coefficient (Wildman–Crippen LogP) is 11.9. The number of ketones is 1. The molecule has 6 heteroatoms. The third-order valence-corrected chi connectivity index (χ3v) is 8.13. The van der Waals surface area contributed by atoms with Gasteiger partial charge in [0.2, 0.25) is 0 Å². The first-order chi connectivity index (χ1) is 23.4. The number of hydrogen-bond acceptors (Lipinski definition) is 5. The summed E-state index contributed by atoms with van der Waals surface area (Å²) in [7, 11) is 4.14. The molecule has 49 heavy (non-hydrogen) atoms. The van der Waals surface area contributed by atoms with Gasteiger partial charge in [0, 0.05) is 42.0 Å². The normalized spacial score (nSPS) is 11.5. The van der Waals surface area contributed by atoms with Gasteiger partial charge < -0.3 is 20.3 Å². The smallest absolute Gasteiger partial charge is 0.129 e. The summed E-state index contributed by atoms with van der Waals surface area (Å²) in [5, 5.41) is 7.25. The van der Waals surface area contributed by atoms with Gasteiger partial charge >= 0.3 is 0 Å². The minimum atomic E-state index is 0.251. The molecule has 1 atom stereocenters. The van der Waals surface area contributed by atoms with Crippen LogP contribution >= 0.6 is 11.6 Å². The lowest BCUT2D eigenvalue weighted by Gasteiger charge is -2.24. The van der Waals surface area contributed by atoms with Crippen molar-refractivity contribution in [3.8, 4) is 0 Å². The molecular weight excluding hydrogens is 624 g/mol. The Bertz CT molecular complexity index is 1190. The molecule has 0 aliphatic heterocycles. The van der Waals surface area contributed by atoms with Crippen LogP contribution in [0.1, 0.15) is 129 Å². The first kappa shape index (κ1) is 48.0. The summed E-state index contributed by atoms with van der Waals surface area (Å²) in [5.74, 6) is 0.251. The summed E-state index contributed by atoms with van der Waals surface area (Å²) in [5.41, 5.74) is 6.33. The van der Waals surface area contributed by atoms with Gasteiger partial charge in [-0.1, -0.05) is 140 Å². The summed E-state index contributed by atoms with van der Waals surface area (Å²) >= 11 is 6.05. The molecule has 0 radical (unpaired) electrons. The van der Waals surface area contributed by atoms with Crippen molar-refractivity contribution in [2.75, 3.05) is 20.6 Å². The molecule has 0 aliphatic carbocycles. The standard InChI is InChI=1S/C23H35N3O.C10H12ClN.2C5H12/c1-7-24-23(21-11-9-8-10-12-21)17-19(3)25-18(2)13-15-22(26(5)6)16-14-20(4)27;1-3-12-7-9-6-4-5-8(2)10(9)11;2*1-3-5-4-2/h8-12,17,22,25H,2,7,13-16H2,1,3-6H3;3-6,12H,1,7H2,2H3;2*3-5H2,1-2H3/b19-17+,24-23?;;;. The molecule has 0 saturated heterocycles. The molecule has 2 aromatic rings. The molecule has 0 heterocycles. The van der Waals surface area contributed by atoms with Crippen molar-refractivity contribution in [1.29, 1.82) is 0 Å². The fourth-order valence-corrected chi connectivity index (χ4v) is 4.88. The number of aryl methyl sites for hydroxylation is 1. The van der Waals surface area contributed by atoms with E-state index in [-0.39, 0.29) is 5.78 Å². The highest BCUT2D eigenvalue weighted by molar-refractivity contribution is 6.32. The molecule has 1 unspecified atom stereocenters. The Morgan fingerprint density at radius 3 is 1.94 bits per heavy atom. The molecule has 5 nitrogen and oxygen atoms in total. The van der Waals surface area contributed by atoms with Crippen LogP contribution in [0.25, 0.3) is 0 Å². The quantitative estimate of drug-likeness (QED) is 0.144. The van der Waals surface area contributed by atoms with Crippen LogP contribution in [0, 0.1) is 6.92 Å². The fourth-order valence-electron chi connectivity index (χ4n) is 4.69. The van der Waals surface area contributed by atoms with Crippen LogP contribution in [-0.2, 0) is 11.3 Å². The Labute approximate surface area is 307 Å². The first-order valence-electron chi connectivity index (χ1n) is 18.4. The van der Waals surface area contributed by atoms with Crippen molar-refractivity contribution < 1.29 is 4.79 Å². The van der Waals surface area contributed by atoms with Crippen molar-refractivity contribution in [1.82, 2.24) is 15.5 Å². The number of nitrogens with one attached hydrogen (secondary N) is 2. The summed E-state index contributed by atoms with van der Waals surface area (Å²) in [6.07, 6.45) is 15.3. The van der Waals surface area contributed by atoms with Crippen LogP contribution in [-0.4, -0.2) is 43.1 Å². The molecule has 0 fully saturated rings. The average Bonchev–Trinajstić information content (AvgIpc) is 3.07. The Kier molecular flexibility index (Phi) is 31.4. The van der Waals surface area contributed by atoms with E-state index in [0.717, 1.165) is 71.2 Å². The zero-order valence-corrected chi connectivity index (χ0v) is 33.7. The van der Waals surface area contributed by atoms with Crippen molar-refractivity contribution >= 4 is 23.1 Å². The van der Waals surface area contributed by atoms with E-state index in [1.165, 1.54) is 38.5 Å². The van der Waals surface area contributed by atoms with Crippen molar-refractivity contribution in [2.45, 2.75) is 132 Å². The highest BCUT2D eigenvalue weighted by Gasteiger charge is 2.13. The van der Waals surface area contributed by atoms with Crippen LogP contribution < -0.4 is 10.6 Å². The Balaban J connectivity index is 0. The number of Topliss-reactive ketones (excluding diaryl/α,β-unsaturated/α-hetero) is 1. The van der Waals surface area contributed by atoms with Crippen LogP contribution in [0.2, 0.25) is 5.02 Å². The minimum Gasteiger partial charge on any atom is -0.387 e. The second-order valence-electron chi connectivity index (χ2n) is 12.5. The molecule has 2 N–H and O–H groups in total. The lowest BCUT2D eigenvalue weighted by Crippen LogP contribution is -2.29. The van der Waals surface area contributed by atoms with E-state index in [9.17, 15) is 4.79 Å². The summed E-state index contributed by atoms with van der Waals surface area (Å²) in [6, 6.07) is 16.6. The lowest BCUT2D eigenvalue weighted by atomic mass is 10.0. The molecule has 0 spiro atoms. The van der Waals surface area contributed by atoms with Crippen molar-refractivity contribution in [3.63, 3.8) is 0 Å². The van der Waals surface area contributed by atoms with Crippen LogP contribution in [0.4, 0.5) is 0 Å². The Morgan fingerprint density at radius 2 is 1.47 bits per heavy atom. The molecule has 0 aromatic heterocycles. The molecule has 2 rings (SSSR count). The number of halogens is 1. The Hall–Kier alpha value is -3.15. The molecule has 0 bridgehead atoms. The van der Waals surface area contributed by atoms with Crippen molar-refractivity contribution in [2.24, 2.45) is 4.99 Å². The lowest BCUT2D eigenvalue weighted by molar-refractivity contribution is -0.117. The SMILES string of the molecule is C=C(CCC(CCC(C)=O)N(C)C)N/C(C)=C/C(=NCC)c1ccccc1.C=CNCc1cccc(C)c1Cl.CCCCC.CCCCC. The third-order valence-electron chi connectivity index (χ3n) is 7.59. The maximum absolute atomic E-state index is 11.3.